The second-order valence-corrected chi connectivity index (χ2v) is 6.07. The fraction of sp³-hybridized carbons (Fsp3) is 0.143. The molecule has 1 heterocycles. The number of hydrogen-bond acceptors (Lipinski definition) is 0. The Morgan fingerprint density at radius 3 is 2.36 bits per heavy atom. The van der Waals surface area contributed by atoms with E-state index in [1.54, 1.807) is 0 Å². The van der Waals surface area contributed by atoms with Gasteiger partial charge in [-0.2, -0.15) is 0 Å². The second kappa shape index (κ2) is 5.34. The lowest BCUT2D eigenvalue weighted by Crippen LogP contribution is -1.98. The van der Waals surface area contributed by atoms with Crippen LogP contribution < -0.4 is 0 Å². The molecule has 0 saturated heterocycles. The molecular formula is C21H19N. The molecule has 0 aliphatic heterocycles. The van der Waals surface area contributed by atoms with Gasteiger partial charge in [0.15, 0.2) is 0 Å². The van der Waals surface area contributed by atoms with Gasteiger partial charge in [0.05, 0.1) is 0 Å². The summed E-state index contributed by atoms with van der Waals surface area (Å²) in [6, 6.07) is 26.1. The first-order valence-corrected chi connectivity index (χ1v) is 7.85. The van der Waals surface area contributed by atoms with Crippen LogP contribution in [0.5, 0.6) is 0 Å². The van der Waals surface area contributed by atoms with Crippen LogP contribution in [-0.4, -0.2) is 4.98 Å². The highest BCUT2D eigenvalue weighted by molar-refractivity contribution is 6.07. The fourth-order valence-corrected chi connectivity index (χ4v) is 3.28. The first-order valence-electron chi connectivity index (χ1n) is 7.85. The molecule has 1 atom stereocenters. The number of benzene rings is 3. The number of H-pyrrole nitrogens is 1. The number of hydrogen-bond donors (Lipinski definition) is 1. The summed E-state index contributed by atoms with van der Waals surface area (Å²) in [5.41, 5.74) is 5.23. The maximum atomic E-state index is 3.49. The van der Waals surface area contributed by atoms with Crippen molar-refractivity contribution in [1.82, 2.24) is 4.98 Å². The molecule has 3 aromatic carbocycles. The highest BCUT2D eigenvalue weighted by atomic mass is 14.7. The third kappa shape index (κ3) is 2.29. The molecule has 1 unspecified atom stereocenters. The Labute approximate surface area is 130 Å². The minimum Gasteiger partial charge on any atom is -0.355 e. The van der Waals surface area contributed by atoms with Gasteiger partial charge in [-0.05, 0) is 41.7 Å². The van der Waals surface area contributed by atoms with E-state index in [4.69, 9.17) is 0 Å². The lowest BCUT2D eigenvalue weighted by Gasteiger charge is -2.12. The molecule has 0 radical (unpaired) electrons. The van der Waals surface area contributed by atoms with Gasteiger partial charge in [-0.3, -0.25) is 0 Å². The molecular weight excluding hydrogens is 266 g/mol. The standard InChI is InChI=1S/C21H19N/c1-15(17-7-3-2-4-8-17)13-16-11-12-21-19(14-16)18-9-5-6-10-20(18)22-21/h2-12,14-15,22H,13H2,1H3. The van der Waals surface area contributed by atoms with Crippen LogP contribution in [0.4, 0.5) is 0 Å². The van der Waals surface area contributed by atoms with Crippen LogP contribution in [0.25, 0.3) is 21.8 Å². The van der Waals surface area contributed by atoms with E-state index in [-0.39, 0.29) is 0 Å². The molecule has 1 nitrogen and oxygen atoms in total. The maximum Gasteiger partial charge on any atom is 0.0465 e. The lowest BCUT2D eigenvalue weighted by atomic mass is 9.93. The summed E-state index contributed by atoms with van der Waals surface area (Å²) in [5, 5.41) is 2.64. The highest BCUT2D eigenvalue weighted by Crippen LogP contribution is 2.28. The number of para-hydroxylation sites is 1. The van der Waals surface area contributed by atoms with Crippen LogP contribution in [0.2, 0.25) is 0 Å². The van der Waals surface area contributed by atoms with E-state index in [2.05, 4.69) is 84.7 Å². The van der Waals surface area contributed by atoms with Crippen molar-refractivity contribution in [3.05, 3.63) is 83.9 Å². The highest BCUT2D eigenvalue weighted by Gasteiger charge is 2.09. The Bertz CT molecular complexity index is 918. The van der Waals surface area contributed by atoms with E-state index in [9.17, 15) is 0 Å². The molecule has 0 aliphatic rings. The molecule has 4 aromatic rings. The minimum atomic E-state index is 0.531. The molecule has 108 valence electrons. The van der Waals surface area contributed by atoms with Gasteiger partial charge in [-0.25, -0.2) is 0 Å². The van der Waals surface area contributed by atoms with Crippen molar-refractivity contribution in [2.24, 2.45) is 0 Å². The predicted molar refractivity (Wildman–Crippen MR) is 94.4 cm³/mol. The van der Waals surface area contributed by atoms with Crippen LogP contribution in [0, 0.1) is 0 Å². The van der Waals surface area contributed by atoms with Gasteiger partial charge in [0.25, 0.3) is 0 Å². The van der Waals surface area contributed by atoms with Gasteiger partial charge in [0.2, 0.25) is 0 Å². The topological polar surface area (TPSA) is 15.8 Å². The second-order valence-electron chi connectivity index (χ2n) is 6.07. The molecule has 0 bridgehead atoms. The van der Waals surface area contributed by atoms with E-state index in [0.717, 1.165) is 6.42 Å². The molecule has 4 rings (SSSR count). The van der Waals surface area contributed by atoms with Gasteiger partial charge in [0, 0.05) is 21.8 Å². The summed E-state index contributed by atoms with van der Waals surface area (Å²) in [5.74, 6) is 0.531. The fourth-order valence-electron chi connectivity index (χ4n) is 3.28. The van der Waals surface area contributed by atoms with Crippen molar-refractivity contribution in [1.29, 1.82) is 0 Å². The number of aromatic amines is 1. The SMILES string of the molecule is CC(Cc1ccc2[nH]c3ccccc3c2c1)c1ccccc1. The molecule has 1 N–H and O–H groups in total. The Morgan fingerprint density at radius 1 is 0.773 bits per heavy atom. The van der Waals surface area contributed by atoms with Crippen molar-refractivity contribution in [2.45, 2.75) is 19.3 Å². The Hall–Kier alpha value is -2.54. The van der Waals surface area contributed by atoms with Gasteiger partial charge >= 0.3 is 0 Å². The number of rotatable bonds is 3. The van der Waals surface area contributed by atoms with Crippen molar-refractivity contribution in [3.63, 3.8) is 0 Å². The van der Waals surface area contributed by atoms with Gasteiger partial charge < -0.3 is 4.98 Å². The molecule has 1 aromatic heterocycles. The molecule has 22 heavy (non-hydrogen) atoms. The first-order chi connectivity index (χ1) is 10.8. The third-order valence-electron chi connectivity index (χ3n) is 4.48. The predicted octanol–water partition coefficient (Wildman–Crippen LogP) is 5.67. The molecule has 0 spiro atoms. The van der Waals surface area contributed by atoms with Crippen molar-refractivity contribution in [2.75, 3.05) is 0 Å². The lowest BCUT2D eigenvalue weighted by molar-refractivity contribution is 0.760. The summed E-state index contributed by atoms with van der Waals surface area (Å²) in [7, 11) is 0. The van der Waals surface area contributed by atoms with Crippen LogP contribution >= 0.6 is 0 Å². The number of aromatic nitrogens is 1. The Morgan fingerprint density at radius 2 is 1.50 bits per heavy atom. The minimum absolute atomic E-state index is 0.531. The third-order valence-corrected chi connectivity index (χ3v) is 4.48. The van der Waals surface area contributed by atoms with E-state index in [1.165, 1.54) is 32.9 Å². The van der Waals surface area contributed by atoms with Crippen molar-refractivity contribution < 1.29 is 0 Å². The molecule has 1 heteroatoms. The van der Waals surface area contributed by atoms with Crippen LogP contribution in [0.15, 0.2) is 72.8 Å². The van der Waals surface area contributed by atoms with Gasteiger partial charge in [-0.15, -0.1) is 0 Å². The van der Waals surface area contributed by atoms with E-state index in [1.807, 2.05) is 0 Å². The Balaban J connectivity index is 1.72. The maximum absolute atomic E-state index is 3.49. The van der Waals surface area contributed by atoms with E-state index >= 15 is 0 Å². The zero-order valence-electron chi connectivity index (χ0n) is 12.7. The van der Waals surface area contributed by atoms with E-state index < -0.39 is 0 Å². The smallest absolute Gasteiger partial charge is 0.0465 e. The summed E-state index contributed by atoms with van der Waals surface area (Å²) < 4.78 is 0. The van der Waals surface area contributed by atoms with E-state index in [0.29, 0.717) is 5.92 Å². The quantitative estimate of drug-likeness (QED) is 0.499. The summed E-state index contributed by atoms with van der Waals surface area (Å²) in [6.45, 7) is 2.30. The first kappa shape index (κ1) is 13.1. The summed E-state index contributed by atoms with van der Waals surface area (Å²) in [6.07, 6.45) is 1.07. The van der Waals surface area contributed by atoms with Crippen molar-refractivity contribution >= 4 is 21.8 Å². The average molecular weight is 285 g/mol. The van der Waals surface area contributed by atoms with Crippen LogP contribution in [0.1, 0.15) is 24.0 Å². The van der Waals surface area contributed by atoms with Gasteiger partial charge in [-0.1, -0.05) is 61.5 Å². The van der Waals surface area contributed by atoms with Crippen molar-refractivity contribution in [3.8, 4) is 0 Å². The number of nitrogens with one attached hydrogen (secondary N) is 1. The molecule has 0 fully saturated rings. The molecule has 0 aliphatic carbocycles. The number of fused-ring (bicyclic) bond motifs is 3. The zero-order valence-corrected chi connectivity index (χ0v) is 12.7. The monoisotopic (exact) mass is 285 g/mol. The Kier molecular flexibility index (Phi) is 3.19. The zero-order chi connectivity index (χ0) is 14.9. The average Bonchev–Trinajstić information content (AvgIpc) is 2.94. The van der Waals surface area contributed by atoms with Crippen LogP contribution in [0.3, 0.4) is 0 Å². The van der Waals surface area contributed by atoms with Gasteiger partial charge in [0.1, 0.15) is 0 Å². The summed E-state index contributed by atoms with van der Waals surface area (Å²) in [4.78, 5) is 3.49. The largest absolute Gasteiger partial charge is 0.355 e. The normalized spacial score (nSPS) is 12.8. The molecule has 0 saturated carbocycles. The summed E-state index contributed by atoms with van der Waals surface area (Å²) >= 11 is 0. The molecule has 0 amide bonds. The van der Waals surface area contributed by atoms with Crippen LogP contribution in [-0.2, 0) is 6.42 Å².